The van der Waals surface area contributed by atoms with Crippen molar-refractivity contribution < 1.29 is 4.79 Å². The van der Waals surface area contributed by atoms with Crippen LogP contribution in [0.2, 0.25) is 0 Å². The molecule has 0 radical (unpaired) electrons. The zero-order valence-electron chi connectivity index (χ0n) is 10.3. The Morgan fingerprint density at radius 2 is 1.75 bits per heavy atom. The number of rotatable bonds is 2. The van der Waals surface area contributed by atoms with Crippen LogP contribution in [-0.4, -0.2) is 23.9 Å². The molecule has 3 rings (SSSR count). The third kappa shape index (κ3) is 1.36. The average Bonchev–Trinajstić information content (AvgIpc) is 2.23. The summed E-state index contributed by atoms with van der Waals surface area (Å²) in [4.78, 5) is 14.0. The first kappa shape index (κ1) is 11.2. The predicted octanol–water partition coefficient (Wildman–Crippen LogP) is 2.69. The zero-order valence-corrected chi connectivity index (χ0v) is 10.3. The maximum Gasteiger partial charge on any atom is 0.230 e. The second-order valence-corrected chi connectivity index (χ2v) is 4.98. The van der Waals surface area contributed by atoms with Crippen LogP contribution in [0.3, 0.4) is 0 Å². The van der Waals surface area contributed by atoms with Gasteiger partial charge in [-0.3, -0.25) is 4.79 Å². The van der Waals surface area contributed by atoms with Gasteiger partial charge in [-0.25, -0.2) is 0 Å². The minimum absolute atomic E-state index is 0.0270. The van der Waals surface area contributed by atoms with Crippen LogP contribution in [0.1, 0.15) is 26.7 Å². The summed E-state index contributed by atoms with van der Waals surface area (Å²) >= 11 is 0. The van der Waals surface area contributed by atoms with E-state index in [0.717, 1.165) is 29.6 Å². The lowest BCUT2D eigenvalue weighted by Crippen LogP contribution is -2.51. The van der Waals surface area contributed by atoms with Crippen molar-refractivity contribution >= 4 is 5.91 Å². The maximum absolute atomic E-state index is 12.1. The summed E-state index contributed by atoms with van der Waals surface area (Å²) in [5, 5.41) is 0. The van der Waals surface area contributed by atoms with Crippen LogP contribution in [0.25, 0.3) is 0 Å². The number of allylic oxidation sites excluding steroid dienone is 1. The van der Waals surface area contributed by atoms with Crippen LogP contribution in [0.5, 0.6) is 0 Å². The highest BCUT2D eigenvalue weighted by molar-refractivity contribution is 5.87. The largest absolute Gasteiger partial charge is 0.338 e. The van der Waals surface area contributed by atoms with Crippen LogP contribution in [-0.2, 0) is 4.79 Å². The molecule has 86 valence electrons. The van der Waals surface area contributed by atoms with E-state index < -0.39 is 0 Å². The number of carbonyl (C=O) groups excluding carboxylic acids is 1. The van der Waals surface area contributed by atoms with Crippen LogP contribution < -0.4 is 0 Å². The third-order valence-corrected chi connectivity index (χ3v) is 3.73. The summed E-state index contributed by atoms with van der Waals surface area (Å²) < 4.78 is 0. The Kier molecular flexibility index (Phi) is 2.53. The molecule has 1 saturated heterocycles. The highest BCUT2D eigenvalue weighted by Gasteiger charge is 2.44. The number of carbonyl (C=O) groups is 1. The van der Waals surface area contributed by atoms with Gasteiger partial charge in [0.05, 0.1) is 12.0 Å². The first-order valence-corrected chi connectivity index (χ1v) is 5.77. The fourth-order valence-electron chi connectivity index (χ4n) is 3.06. The molecule has 0 aromatic rings. The molecule has 2 heterocycles. The second kappa shape index (κ2) is 3.62. The van der Waals surface area contributed by atoms with Gasteiger partial charge in [-0.15, -0.1) is 0 Å². The van der Waals surface area contributed by atoms with Gasteiger partial charge in [-0.05, 0) is 37.8 Å². The quantitative estimate of drug-likeness (QED) is 0.696. The van der Waals surface area contributed by atoms with Gasteiger partial charge < -0.3 is 4.90 Å². The number of hydrogen-bond acceptors (Lipinski definition) is 1. The fourth-order valence-corrected chi connectivity index (χ4v) is 3.06. The maximum atomic E-state index is 12.1. The number of hydrogen-bond donors (Lipinski definition) is 0. The zero-order chi connectivity index (χ0) is 12.0. The van der Waals surface area contributed by atoms with Crippen molar-refractivity contribution in [1.29, 1.82) is 0 Å². The van der Waals surface area contributed by atoms with Gasteiger partial charge in [0.25, 0.3) is 0 Å². The average molecular weight is 217 g/mol. The van der Waals surface area contributed by atoms with E-state index in [-0.39, 0.29) is 17.9 Å². The van der Waals surface area contributed by atoms with Gasteiger partial charge in [-0.1, -0.05) is 24.3 Å². The minimum atomic E-state index is 0.0270. The molecule has 0 aromatic heterocycles. The minimum Gasteiger partial charge on any atom is -0.338 e. The van der Waals surface area contributed by atoms with Gasteiger partial charge in [-0.2, -0.15) is 0 Å². The third-order valence-electron chi connectivity index (χ3n) is 3.73. The lowest BCUT2D eigenvalue weighted by molar-refractivity contribution is -0.138. The van der Waals surface area contributed by atoms with E-state index in [2.05, 4.69) is 13.2 Å². The Balaban J connectivity index is 2.61. The smallest absolute Gasteiger partial charge is 0.230 e. The number of nitrogens with zero attached hydrogens (tertiary/aromatic N) is 1. The fraction of sp³-hybridized carbons (Fsp3) is 0.500. The molecule has 1 amide bonds. The standard InChI is InChI=1S/C14H19NO/c1-8(2)12-10-6-7-11(13(12)9(3)4)15(5)14(10)16/h10-11H,1,3,6-7H2,2,4-5H3. The highest BCUT2D eigenvalue weighted by atomic mass is 16.2. The van der Waals surface area contributed by atoms with E-state index in [1.807, 2.05) is 25.8 Å². The summed E-state index contributed by atoms with van der Waals surface area (Å²) in [5.74, 6) is 0.276. The molecular formula is C14H19NO. The Hall–Kier alpha value is -1.31. The first-order valence-electron chi connectivity index (χ1n) is 5.77. The monoisotopic (exact) mass is 217 g/mol. The molecule has 1 fully saturated rings. The van der Waals surface area contributed by atoms with E-state index in [9.17, 15) is 4.79 Å². The molecule has 1 aliphatic carbocycles. The summed E-state index contributed by atoms with van der Waals surface area (Å²) in [5.41, 5.74) is 4.51. The topological polar surface area (TPSA) is 20.3 Å². The molecule has 3 aliphatic rings. The molecule has 16 heavy (non-hydrogen) atoms. The van der Waals surface area contributed by atoms with Gasteiger partial charge in [0.1, 0.15) is 0 Å². The molecule has 2 heteroatoms. The normalized spacial score (nSPS) is 28.7. The van der Waals surface area contributed by atoms with Crippen molar-refractivity contribution in [1.82, 2.24) is 4.90 Å². The Bertz CT molecular complexity index is 416. The van der Waals surface area contributed by atoms with Crippen molar-refractivity contribution in [2.75, 3.05) is 7.05 Å². The van der Waals surface area contributed by atoms with Gasteiger partial charge in [0.2, 0.25) is 5.91 Å². The molecule has 2 bridgehead atoms. The van der Waals surface area contributed by atoms with Gasteiger partial charge in [0, 0.05) is 7.05 Å². The van der Waals surface area contributed by atoms with Crippen LogP contribution >= 0.6 is 0 Å². The van der Waals surface area contributed by atoms with E-state index in [0.29, 0.717) is 0 Å². The summed E-state index contributed by atoms with van der Waals surface area (Å²) in [7, 11) is 1.90. The first-order chi connectivity index (χ1) is 7.45. The summed E-state index contributed by atoms with van der Waals surface area (Å²) in [6.07, 6.45) is 2.03. The second-order valence-electron chi connectivity index (χ2n) is 4.98. The van der Waals surface area contributed by atoms with Crippen LogP contribution in [0.4, 0.5) is 0 Å². The van der Waals surface area contributed by atoms with E-state index >= 15 is 0 Å². The molecule has 0 saturated carbocycles. The summed E-state index contributed by atoms with van der Waals surface area (Å²) in [6.45, 7) is 12.1. The summed E-state index contributed by atoms with van der Waals surface area (Å²) in [6, 6.07) is 0.224. The molecule has 0 spiro atoms. The Labute approximate surface area is 97.3 Å². The number of likely N-dealkylation sites (N-methyl/N-ethyl adjacent to an activating group) is 1. The molecule has 0 aromatic carbocycles. The van der Waals surface area contributed by atoms with Crippen molar-refractivity contribution in [3.63, 3.8) is 0 Å². The molecule has 0 N–H and O–H groups in total. The van der Waals surface area contributed by atoms with E-state index in [1.165, 1.54) is 5.57 Å². The molecular weight excluding hydrogens is 198 g/mol. The number of amides is 1. The predicted molar refractivity (Wildman–Crippen MR) is 65.9 cm³/mol. The Morgan fingerprint density at radius 3 is 2.25 bits per heavy atom. The van der Waals surface area contributed by atoms with Gasteiger partial charge >= 0.3 is 0 Å². The highest BCUT2D eigenvalue weighted by Crippen LogP contribution is 2.44. The van der Waals surface area contributed by atoms with Gasteiger partial charge in [0.15, 0.2) is 0 Å². The lowest BCUT2D eigenvalue weighted by Gasteiger charge is -2.46. The van der Waals surface area contributed by atoms with Crippen LogP contribution in [0, 0.1) is 5.92 Å². The van der Waals surface area contributed by atoms with Crippen molar-refractivity contribution in [3.8, 4) is 0 Å². The van der Waals surface area contributed by atoms with Crippen molar-refractivity contribution in [2.45, 2.75) is 32.7 Å². The molecule has 2 unspecified atom stereocenters. The molecule has 2 nitrogen and oxygen atoms in total. The SMILES string of the molecule is C=C(C)C1=C(C(=C)C)C2CCC1C(=O)N2C. The van der Waals surface area contributed by atoms with E-state index in [4.69, 9.17) is 0 Å². The lowest BCUT2D eigenvalue weighted by atomic mass is 9.70. The number of piperidine rings is 1. The Morgan fingerprint density at radius 1 is 1.19 bits per heavy atom. The van der Waals surface area contributed by atoms with E-state index in [1.54, 1.807) is 0 Å². The number of fused-ring (bicyclic) bond motifs is 2. The molecule has 2 aliphatic heterocycles. The van der Waals surface area contributed by atoms with Crippen LogP contribution in [0.15, 0.2) is 35.5 Å². The van der Waals surface area contributed by atoms with Crippen molar-refractivity contribution in [3.05, 3.63) is 35.5 Å². The molecule has 2 atom stereocenters. The van der Waals surface area contributed by atoms with Crippen molar-refractivity contribution in [2.24, 2.45) is 5.92 Å².